The highest BCUT2D eigenvalue weighted by Crippen LogP contribution is 2.34. The van der Waals surface area contributed by atoms with Crippen molar-refractivity contribution in [3.05, 3.63) is 63.3 Å². The zero-order valence-corrected chi connectivity index (χ0v) is 16.0. The number of alkyl halides is 2. The molecular formula is C18H16Cl2F2N2O4. The Morgan fingerprint density at radius 3 is 2.64 bits per heavy atom. The van der Waals surface area contributed by atoms with E-state index in [1.807, 2.05) is 0 Å². The van der Waals surface area contributed by atoms with Gasteiger partial charge < -0.3 is 14.8 Å². The van der Waals surface area contributed by atoms with Crippen LogP contribution in [-0.4, -0.2) is 19.1 Å². The van der Waals surface area contributed by atoms with E-state index >= 15 is 0 Å². The van der Waals surface area contributed by atoms with Crippen molar-refractivity contribution in [2.24, 2.45) is 11.1 Å². The molecular weight excluding hydrogens is 417 g/mol. The minimum Gasteiger partial charge on any atom is -0.489 e. The maximum atomic E-state index is 12.6. The number of hydrogen-bond donors (Lipinski definition) is 1. The molecule has 0 aliphatic heterocycles. The van der Waals surface area contributed by atoms with Crippen LogP contribution in [0, 0.1) is 10.8 Å². The second kappa shape index (κ2) is 10.2. The van der Waals surface area contributed by atoms with Gasteiger partial charge >= 0.3 is 6.61 Å². The SMILES string of the molecule is C=C/C(Cl)=C(NC(=O)c1ccc(OC(F)F)c(OCC2CC2)c1)\C(Cl)=C/N=O. The Morgan fingerprint density at radius 1 is 1.36 bits per heavy atom. The van der Waals surface area contributed by atoms with Gasteiger partial charge in [-0.1, -0.05) is 29.8 Å². The summed E-state index contributed by atoms with van der Waals surface area (Å²) in [5.41, 5.74) is -0.0155. The molecule has 0 atom stereocenters. The standard InChI is InChI=1S/C18H16Cl2F2N2O4/c1-2-12(19)16(13(20)8-23-26)24-17(25)11-5-6-14(28-18(21)22)15(7-11)27-9-10-3-4-10/h2,5-8,10,18H,1,3-4,9H2,(H,24,25)/b13-8+,16-12-. The van der Waals surface area contributed by atoms with Crippen LogP contribution in [0.15, 0.2) is 58.0 Å². The van der Waals surface area contributed by atoms with E-state index in [9.17, 15) is 18.5 Å². The predicted molar refractivity (Wildman–Crippen MR) is 102 cm³/mol. The van der Waals surface area contributed by atoms with Gasteiger partial charge in [0.05, 0.1) is 28.6 Å². The average molecular weight is 433 g/mol. The van der Waals surface area contributed by atoms with Crippen molar-refractivity contribution in [2.75, 3.05) is 6.61 Å². The highest BCUT2D eigenvalue weighted by Gasteiger charge is 2.24. The Bertz CT molecular complexity index is 824. The number of hydrogen-bond acceptors (Lipinski definition) is 5. The molecule has 1 fully saturated rings. The number of nitroso groups, excluding NO2 is 1. The van der Waals surface area contributed by atoms with Crippen molar-refractivity contribution in [1.29, 1.82) is 0 Å². The van der Waals surface area contributed by atoms with Gasteiger partial charge in [0.25, 0.3) is 5.91 Å². The van der Waals surface area contributed by atoms with Crippen molar-refractivity contribution in [3.8, 4) is 11.5 Å². The number of allylic oxidation sites excluding steroid dienone is 3. The maximum absolute atomic E-state index is 12.6. The summed E-state index contributed by atoms with van der Waals surface area (Å²) < 4.78 is 35.1. The molecule has 1 saturated carbocycles. The lowest BCUT2D eigenvalue weighted by Gasteiger charge is -2.14. The lowest BCUT2D eigenvalue weighted by Crippen LogP contribution is -2.24. The second-order valence-corrected chi connectivity index (χ2v) is 6.57. The quantitative estimate of drug-likeness (QED) is 0.402. The molecule has 1 amide bonds. The van der Waals surface area contributed by atoms with Gasteiger partial charge in [-0.3, -0.25) is 4.79 Å². The number of carbonyl (C=O) groups is 1. The topological polar surface area (TPSA) is 77.0 Å². The largest absolute Gasteiger partial charge is 0.489 e. The van der Waals surface area contributed by atoms with E-state index in [0.717, 1.165) is 19.0 Å². The summed E-state index contributed by atoms with van der Waals surface area (Å²) in [6.45, 7) is 0.754. The summed E-state index contributed by atoms with van der Waals surface area (Å²) in [6, 6.07) is 3.74. The summed E-state index contributed by atoms with van der Waals surface area (Å²) >= 11 is 11.8. The molecule has 0 spiro atoms. The molecule has 0 unspecified atom stereocenters. The number of nitrogens with one attached hydrogen (secondary N) is 1. The summed E-state index contributed by atoms with van der Waals surface area (Å²) in [7, 11) is 0. The third-order valence-electron chi connectivity index (χ3n) is 3.65. The Labute approximate surface area is 169 Å². The molecule has 0 bridgehead atoms. The number of rotatable bonds is 10. The van der Waals surface area contributed by atoms with Gasteiger partial charge in [0, 0.05) is 5.56 Å². The van der Waals surface area contributed by atoms with Gasteiger partial charge in [0.2, 0.25) is 0 Å². The zero-order valence-electron chi connectivity index (χ0n) is 14.5. The van der Waals surface area contributed by atoms with Crippen molar-refractivity contribution >= 4 is 29.1 Å². The molecule has 1 aliphatic rings. The van der Waals surface area contributed by atoms with Gasteiger partial charge in [-0.25, -0.2) is 0 Å². The van der Waals surface area contributed by atoms with Crippen LogP contribution in [0.1, 0.15) is 23.2 Å². The molecule has 2 rings (SSSR count). The van der Waals surface area contributed by atoms with Crippen molar-refractivity contribution in [1.82, 2.24) is 5.32 Å². The molecule has 0 saturated heterocycles. The van der Waals surface area contributed by atoms with E-state index in [4.69, 9.17) is 27.9 Å². The first-order valence-electron chi connectivity index (χ1n) is 8.09. The maximum Gasteiger partial charge on any atom is 0.387 e. The first kappa shape index (κ1) is 21.8. The molecule has 150 valence electrons. The molecule has 10 heteroatoms. The number of halogens is 4. The summed E-state index contributed by atoms with van der Waals surface area (Å²) in [6.07, 6.45) is 3.96. The van der Waals surface area contributed by atoms with Gasteiger partial charge in [-0.2, -0.15) is 8.78 Å². The van der Waals surface area contributed by atoms with E-state index in [-0.39, 0.29) is 32.8 Å². The minimum atomic E-state index is -3.04. The van der Waals surface area contributed by atoms with Gasteiger partial charge in [-0.05, 0) is 48.2 Å². The van der Waals surface area contributed by atoms with E-state index in [1.54, 1.807) is 0 Å². The number of carbonyl (C=O) groups excluding carboxylic acids is 1. The monoisotopic (exact) mass is 432 g/mol. The fourth-order valence-corrected chi connectivity index (χ4v) is 2.47. The summed E-state index contributed by atoms with van der Waals surface area (Å²) in [4.78, 5) is 22.9. The third kappa shape index (κ3) is 6.31. The van der Waals surface area contributed by atoms with Crippen molar-refractivity contribution in [3.63, 3.8) is 0 Å². The lowest BCUT2D eigenvalue weighted by molar-refractivity contribution is -0.0515. The summed E-state index contributed by atoms with van der Waals surface area (Å²) in [5, 5.41) is 4.71. The first-order valence-corrected chi connectivity index (χ1v) is 8.85. The van der Waals surface area contributed by atoms with Crippen LogP contribution in [-0.2, 0) is 0 Å². The van der Waals surface area contributed by atoms with Gasteiger partial charge in [0.1, 0.15) is 0 Å². The zero-order chi connectivity index (χ0) is 20.7. The Kier molecular flexibility index (Phi) is 7.95. The molecule has 1 N–H and O–H groups in total. The molecule has 0 radical (unpaired) electrons. The predicted octanol–water partition coefficient (Wildman–Crippen LogP) is 5.29. The normalized spacial score (nSPS) is 15.0. The van der Waals surface area contributed by atoms with Gasteiger partial charge in [0.15, 0.2) is 11.5 Å². The molecule has 28 heavy (non-hydrogen) atoms. The summed E-state index contributed by atoms with van der Waals surface area (Å²) in [5.74, 6) is -0.489. The van der Waals surface area contributed by atoms with Crippen molar-refractivity contribution < 1.29 is 23.0 Å². The van der Waals surface area contributed by atoms with Crippen LogP contribution < -0.4 is 14.8 Å². The Morgan fingerprint density at radius 2 is 2.07 bits per heavy atom. The average Bonchev–Trinajstić information content (AvgIpc) is 3.48. The van der Waals surface area contributed by atoms with E-state index in [0.29, 0.717) is 12.5 Å². The number of ether oxygens (including phenoxy) is 2. The molecule has 6 nitrogen and oxygen atoms in total. The highest BCUT2D eigenvalue weighted by molar-refractivity contribution is 6.36. The minimum absolute atomic E-state index is 0.0106. The first-order chi connectivity index (χ1) is 13.3. The van der Waals surface area contributed by atoms with Crippen LogP contribution in [0.4, 0.5) is 8.78 Å². The fraction of sp³-hybridized carbons (Fsp3) is 0.278. The number of benzene rings is 1. The van der Waals surface area contributed by atoms with Crippen LogP contribution in [0.3, 0.4) is 0 Å². The fourth-order valence-electron chi connectivity index (χ4n) is 2.08. The van der Waals surface area contributed by atoms with E-state index in [2.05, 4.69) is 21.8 Å². The molecule has 0 aromatic heterocycles. The van der Waals surface area contributed by atoms with Crippen LogP contribution in [0.2, 0.25) is 0 Å². The number of amides is 1. The Balaban J connectivity index is 2.27. The van der Waals surface area contributed by atoms with Crippen molar-refractivity contribution in [2.45, 2.75) is 19.5 Å². The molecule has 1 aliphatic carbocycles. The Hall–Kier alpha value is -2.45. The number of nitrogens with zero attached hydrogens (tertiary/aromatic N) is 1. The smallest absolute Gasteiger partial charge is 0.387 e. The molecule has 1 aromatic rings. The van der Waals surface area contributed by atoms with E-state index < -0.39 is 12.5 Å². The molecule has 0 heterocycles. The van der Waals surface area contributed by atoms with Crippen LogP contribution >= 0.6 is 23.2 Å². The third-order valence-corrected chi connectivity index (χ3v) is 4.28. The lowest BCUT2D eigenvalue weighted by atomic mass is 10.1. The highest BCUT2D eigenvalue weighted by atomic mass is 35.5. The molecule has 1 aromatic carbocycles. The van der Waals surface area contributed by atoms with E-state index in [1.165, 1.54) is 24.3 Å². The second-order valence-electron chi connectivity index (χ2n) is 5.76. The van der Waals surface area contributed by atoms with Crippen LogP contribution in [0.25, 0.3) is 0 Å². The van der Waals surface area contributed by atoms with Crippen LogP contribution in [0.5, 0.6) is 11.5 Å². The van der Waals surface area contributed by atoms with Gasteiger partial charge in [-0.15, -0.1) is 4.91 Å².